The molecule has 0 N–H and O–H groups in total. The Bertz CT molecular complexity index is 1680. The van der Waals surface area contributed by atoms with E-state index in [1.807, 2.05) is 52.0 Å². The molecule has 4 aromatic rings. The topological polar surface area (TPSA) is 105 Å². The molecule has 0 fully saturated rings. The fourth-order valence-electron chi connectivity index (χ4n) is 5.54. The van der Waals surface area contributed by atoms with Crippen LogP contribution in [0.5, 0.6) is 23.0 Å². The van der Waals surface area contributed by atoms with E-state index >= 15 is 0 Å². The lowest BCUT2D eigenvalue weighted by Gasteiger charge is -2.22. The third kappa shape index (κ3) is 5.64. The van der Waals surface area contributed by atoms with Crippen molar-refractivity contribution in [1.82, 2.24) is 0 Å². The molecule has 0 saturated heterocycles. The SMILES string of the molecule is CCCC(=O)Oc1c2c(c(OC(=O)CCC)c3ccccc13)=c1c(OC(=O)CCC)c3ccccc3c(OC(=O)CCC)c1=2. The van der Waals surface area contributed by atoms with Crippen LogP contribution in [0, 0.1) is 20.9 Å². The summed E-state index contributed by atoms with van der Waals surface area (Å²) in [6, 6.07) is 14.4. The normalized spacial score (nSPS) is 11.4. The van der Waals surface area contributed by atoms with E-state index in [1.165, 1.54) is 0 Å². The molecule has 0 bridgehead atoms. The summed E-state index contributed by atoms with van der Waals surface area (Å²) in [6.07, 6.45) is 3.12. The van der Waals surface area contributed by atoms with Gasteiger partial charge in [-0.1, -0.05) is 76.2 Å². The van der Waals surface area contributed by atoms with Gasteiger partial charge in [-0.2, -0.15) is 0 Å². The molecule has 0 radical (unpaired) electrons. The van der Waals surface area contributed by atoms with Crippen LogP contribution in [0.2, 0.25) is 0 Å². The van der Waals surface area contributed by atoms with Gasteiger partial charge in [0.05, 0.1) is 0 Å². The molecule has 8 heteroatoms. The van der Waals surface area contributed by atoms with Crippen molar-refractivity contribution in [3.05, 3.63) is 69.4 Å². The minimum atomic E-state index is -0.427. The molecule has 0 saturated carbocycles. The van der Waals surface area contributed by atoms with Gasteiger partial charge in [-0.15, -0.1) is 0 Å². The minimum absolute atomic E-state index is 0.194. The van der Waals surface area contributed by atoms with E-state index in [-0.39, 0.29) is 48.7 Å². The van der Waals surface area contributed by atoms with Crippen LogP contribution in [0.1, 0.15) is 79.1 Å². The van der Waals surface area contributed by atoms with E-state index in [9.17, 15) is 19.2 Å². The molecular formula is C36H36O8. The second-order valence-electron chi connectivity index (χ2n) is 10.8. The highest BCUT2D eigenvalue weighted by Crippen LogP contribution is 2.47. The van der Waals surface area contributed by atoms with Crippen LogP contribution < -0.4 is 18.9 Å². The zero-order valence-corrected chi connectivity index (χ0v) is 25.5. The first-order valence-corrected chi connectivity index (χ1v) is 15.3. The van der Waals surface area contributed by atoms with Gasteiger partial charge in [0.1, 0.15) is 23.0 Å². The van der Waals surface area contributed by atoms with Crippen LogP contribution in [0.4, 0.5) is 0 Å². The highest BCUT2D eigenvalue weighted by molar-refractivity contribution is 6.01. The highest BCUT2D eigenvalue weighted by Gasteiger charge is 2.29. The van der Waals surface area contributed by atoms with Crippen molar-refractivity contribution < 1.29 is 38.1 Å². The molecule has 0 aromatic heterocycles. The van der Waals surface area contributed by atoms with Crippen molar-refractivity contribution in [1.29, 1.82) is 0 Å². The molecule has 4 aromatic carbocycles. The van der Waals surface area contributed by atoms with Gasteiger partial charge in [0.2, 0.25) is 0 Å². The van der Waals surface area contributed by atoms with E-state index in [0.29, 0.717) is 68.1 Å². The molecule has 44 heavy (non-hydrogen) atoms. The summed E-state index contributed by atoms with van der Waals surface area (Å²) in [5.41, 5.74) is 0. The van der Waals surface area contributed by atoms with Crippen molar-refractivity contribution in [2.24, 2.45) is 0 Å². The van der Waals surface area contributed by atoms with Crippen LogP contribution in [0.3, 0.4) is 0 Å². The highest BCUT2D eigenvalue weighted by atomic mass is 16.6. The van der Waals surface area contributed by atoms with Crippen molar-refractivity contribution in [2.75, 3.05) is 0 Å². The number of carbonyl (C=O) groups is 4. The standard InChI is InChI=1S/C36H36O8/c1-5-13-25(37)41-33-21-17-9-10-18-22(21)34(42-26(38)14-6-2)30-29(33)31-32(30)36(44-28(40)16-8-4)24-20-12-11-19-23(24)35(31)43-27(39)15-7-3/h9-12,17-20H,5-8,13-16H2,1-4H3. The number of fused-ring (bicyclic) bond motifs is 4. The van der Waals surface area contributed by atoms with Gasteiger partial charge in [-0.05, 0) is 25.7 Å². The number of esters is 4. The lowest BCUT2D eigenvalue weighted by atomic mass is 9.91. The second-order valence-corrected chi connectivity index (χ2v) is 10.8. The zero-order valence-electron chi connectivity index (χ0n) is 25.5. The molecule has 0 atom stereocenters. The van der Waals surface area contributed by atoms with Gasteiger partial charge < -0.3 is 18.9 Å². The molecule has 0 heterocycles. The van der Waals surface area contributed by atoms with Gasteiger partial charge in [-0.3, -0.25) is 19.2 Å². The molecule has 8 nitrogen and oxygen atoms in total. The predicted octanol–water partition coefficient (Wildman–Crippen LogP) is 7.70. The summed E-state index contributed by atoms with van der Waals surface area (Å²) in [5.74, 6) is -0.631. The molecule has 0 aliphatic heterocycles. The van der Waals surface area contributed by atoms with Crippen LogP contribution >= 0.6 is 0 Å². The molecule has 0 spiro atoms. The molecule has 0 amide bonds. The Morgan fingerprint density at radius 2 is 0.614 bits per heavy atom. The van der Waals surface area contributed by atoms with Crippen LogP contribution in [0.25, 0.3) is 21.5 Å². The Hall–Kier alpha value is -4.72. The monoisotopic (exact) mass is 596 g/mol. The van der Waals surface area contributed by atoms with Gasteiger partial charge in [0.15, 0.2) is 0 Å². The third-order valence-corrected chi connectivity index (χ3v) is 7.42. The second kappa shape index (κ2) is 13.3. The van der Waals surface area contributed by atoms with E-state index in [2.05, 4.69) is 0 Å². The summed E-state index contributed by atoms with van der Waals surface area (Å²) in [7, 11) is 0. The average molecular weight is 597 g/mol. The fourth-order valence-corrected chi connectivity index (χ4v) is 5.54. The minimum Gasteiger partial charge on any atom is -0.425 e. The van der Waals surface area contributed by atoms with Crippen molar-refractivity contribution >= 4 is 45.4 Å². The van der Waals surface area contributed by atoms with Gasteiger partial charge in [0, 0.05) is 68.1 Å². The predicted molar refractivity (Wildman–Crippen MR) is 165 cm³/mol. The molecule has 1 aliphatic carbocycles. The van der Waals surface area contributed by atoms with E-state index < -0.39 is 23.9 Å². The number of hydrogen-bond donors (Lipinski definition) is 0. The quantitative estimate of drug-likeness (QED) is 0.107. The molecule has 1 aliphatic rings. The first-order valence-electron chi connectivity index (χ1n) is 15.3. The van der Waals surface area contributed by atoms with E-state index in [1.54, 1.807) is 24.3 Å². The summed E-state index contributed by atoms with van der Waals surface area (Å²) in [6.45, 7) is 7.55. The maximum absolute atomic E-state index is 13.0. The number of rotatable bonds is 12. The molecule has 0 unspecified atom stereocenters. The van der Waals surface area contributed by atoms with Crippen LogP contribution in [-0.4, -0.2) is 23.9 Å². The summed E-state index contributed by atoms with van der Waals surface area (Å²) in [4.78, 5) is 51.9. The van der Waals surface area contributed by atoms with Crippen molar-refractivity contribution in [3.63, 3.8) is 0 Å². The largest absolute Gasteiger partial charge is 0.425 e. The van der Waals surface area contributed by atoms with E-state index in [0.717, 1.165) is 0 Å². The zero-order chi connectivity index (χ0) is 31.4. The smallest absolute Gasteiger partial charge is 0.311 e. The van der Waals surface area contributed by atoms with Gasteiger partial charge in [0.25, 0.3) is 0 Å². The van der Waals surface area contributed by atoms with E-state index in [4.69, 9.17) is 18.9 Å². The Labute approximate surface area is 254 Å². The molecule has 228 valence electrons. The Morgan fingerprint density at radius 3 is 0.795 bits per heavy atom. The lowest BCUT2D eigenvalue weighted by Crippen LogP contribution is -2.16. The summed E-state index contributed by atoms with van der Waals surface area (Å²) in [5, 5.41) is 4.07. The summed E-state index contributed by atoms with van der Waals surface area (Å²) >= 11 is 0. The van der Waals surface area contributed by atoms with Gasteiger partial charge >= 0.3 is 23.9 Å². The van der Waals surface area contributed by atoms with Gasteiger partial charge in [-0.25, -0.2) is 0 Å². The first kappa shape index (κ1) is 30.7. The first-order chi connectivity index (χ1) is 21.3. The maximum atomic E-state index is 13.0. The van der Waals surface area contributed by atoms with Crippen molar-refractivity contribution in [2.45, 2.75) is 79.1 Å². The number of ether oxygens (including phenoxy) is 4. The third-order valence-electron chi connectivity index (χ3n) is 7.42. The Balaban J connectivity index is 2.03. The lowest BCUT2D eigenvalue weighted by molar-refractivity contribution is -0.135. The number of carbonyl (C=O) groups excluding carboxylic acids is 4. The average Bonchev–Trinajstić information content (AvgIpc) is 2.98. The fraction of sp³-hybridized carbons (Fsp3) is 0.333. The Kier molecular flexibility index (Phi) is 9.28. The van der Waals surface area contributed by atoms with Crippen LogP contribution in [-0.2, 0) is 19.2 Å². The Morgan fingerprint density at radius 1 is 0.409 bits per heavy atom. The molecule has 5 rings (SSSR count). The molecular weight excluding hydrogens is 560 g/mol. The van der Waals surface area contributed by atoms with Crippen molar-refractivity contribution in [3.8, 4) is 23.0 Å². The maximum Gasteiger partial charge on any atom is 0.311 e. The number of benzene rings is 4. The summed E-state index contributed by atoms with van der Waals surface area (Å²) < 4.78 is 24.2. The number of hydrogen-bond acceptors (Lipinski definition) is 8. The van der Waals surface area contributed by atoms with Crippen LogP contribution in [0.15, 0.2) is 48.5 Å².